The molecule has 4 aromatic rings. The van der Waals surface area contributed by atoms with Crippen molar-refractivity contribution in [2.75, 3.05) is 0 Å². The summed E-state index contributed by atoms with van der Waals surface area (Å²) in [6.45, 7) is 0.539. The highest BCUT2D eigenvalue weighted by molar-refractivity contribution is 7.25. The Bertz CT molecular complexity index is 1050. The monoisotopic (exact) mass is 348 g/mol. The second-order valence-corrected chi connectivity index (χ2v) is 7.02. The minimum absolute atomic E-state index is 0.0512. The van der Waals surface area contributed by atoms with Crippen molar-refractivity contribution in [1.29, 1.82) is 0 Å². The molecule has 0 saturated carbocycles. The number of carboxylic acids is 1. The van der Waals surface area contributed by atoms with Crippen LogP contribution >= 0.6 is 11.3 Å². The van der Waals surface area contributed by atoms with Crippen LogP contribution in [0.5, 0.6) is 5.75 Å². The van der Waals surface area contributed by atoms with E-state index in [4.69, 9.17) is 9.84 Å². The van der Waals surface area contributed by atoms with E-state index in [0.29, 0.717) is 6.61 Å². The van der Waals surface area contributed by atoms with Gasteiger partial charge in [0.05, 0.1) is 6.42 Å². The average Bonchev–Trinajstić information content (AvgIpc) is 2.97. The van der Waals surface area contributed by atoms with Gasteiger partial charge in [-0.05, 0) is 35.4 Å². The Kier molecular flexibility index (Phi) is 4.12. The summed E-state index contributed by atoms with van der Waals surface area (Å²) < 4.78 is 8.20. The van der Waals surface area contributed by atoms with Crippen molar-refractivity contribution in [3.05, 3.63) is 77.9 Å². The number of carboxylic acid groups (broad SMARTS) is 1. The molecular formula is C21H16O3S. The summed E-state index contributed by atoms with van der Waals surface area (Å²) in [5, 5.41) is 11.2. The normalized spacial score (nSPS) is 11.0. The second kappa shape index (κ2) is 6.57. The van der Waals surface area contributed by atoms with Gasteiger partial charge in [0, 0.05) is 20.2 Å². The van der Waals surface area contributed by atoms with Gasteiger partial charge in [-0.2, -0.15) is 0 Å². The summed E-state index contributed by atoms with van der Waals surface area (Å²) in [6.07, 6.45) is 0.0512. The number of hydrogen-bond acceptors (Lipinski definition) is 3. The summed E-state index contributed by atoms with van der Waals surface area (Å²) in [5.41, 5.74) is 1.96. The lowest BCUT2D eigenvalue weighted by atomic mass is 10.1. The van der Waals surface area contributed by atoms with Crippen molar-refractivity contribution >= 4 is 37.5 Å². The second-order valence-electron chi connectivity index (χ2n) is 5.94. The molecule has 0 aliphatic carbocycles. The van der Waals surface area contributed by atoms with Crippen molar-refractivity contribution in [2.24, 2.45) is 0 Å². The van der Waals surface area contributed by atoms with Crippen molar-refractivity contribution < 1.29 is 14.6 Å². The zero-order chi connectivity index (χ0) is 17.2. The van der Waals surface area contributed by atoms with E-state index in [1.807, 2.05) is 54.6 Å². The Morgan fingerprint density at radius 3 is 2.52 bits per heavy atom. The summed E-state index contributed by atoms with van der Waals surface area (Å²) >= 11 is 1.68. The largest absolute Gasteiger partial charge is 0.489 e. The highest BCUT2D eigenvalue weighted by Crippen LogP contribution is 2.36. The van der Waals surface area contributed by atoms with Crippen molar-refractivity contribution in [3.8, 4) is 5.75 Å². The number of ether oxygens (including phenoxy) is 1. The third-order valence-electron chi connectivity index (χ3n) is 4.11. The van der Waals surface area contributed by atoms with Crippen molar-refractivity contribution in [1.82, 2.24) is 0 Å². The van der Waals surface area contributed by atoms with E-state index in [-0.39, 0.29) is 6.42 Å². The number of carbonyl (C=O) groups is 1. The molecule has 0 fully saturated rings. The molecule has 0 saturated heterocycles. The molecule has 3 aromatic carbocycles. The van der Waals surface area contributed by atoms with Gasteiger partial charge in [0.25, 0.3) is 0 Å². The third-order valence-corrected chi connectivity index (χ3v) is 5.24. The van der Waals surface area contributed by atoms with Crippen LogP contribution in [0.1, 0.15) is 11.1 Å². The number of thiophene rings is 1. The number of benzene rings is 3. The molecule has 0 aliphatic heterocycles. The van der Waals surface area contributed by atoms with Crippen LogP contribution in [-0.4, -0.2) is 11.1 Å². The number of fused-ring (bicyclic) bond motifs is 3. The topological polar surface area (TPSA) is 46.5 Å². The summed E-state index contributed by atoms with van der Waals surface area (Å²) in [6, 6.07) is 22.1. The zero-order valence-corrected chi connectivity index (χ0v) is 14.3. The first-order valence-electron chi connectivity index (χ1n) is 8.03. The fourth-order valence-electron chi connectivity index (χ4n) is 2.92. The molecule has 0 amide bonds. The fourth-order valence-corrected chi connectivity index (χ4v) is 4.07. The SMILES string of the molecule is O=C(O)Cc1ccc2c(c1)sc1ccc(OCc3ccccc3)cc12. The Hall–Kier alpha value is -2.85. The van der Waals surface area contributed by atoms with Crippen LogP contribution in [0.2, 0.25) is 0 Å². The van der Waals surface area contributed by atoms with E-state index in [2.05, 4.69) is 12.1 Å². The maximum Gasteiger partial charge on any atom is 0.307 e. The molecular weight excluding hydrogens is 332 g/mol. The Morgan fingerprint density at radius 2 is 1.72 bits per heavy atom. The predicted octanol–water partition coefficient (Wildman–Crippen LogP) is 5.26. The van der Waals surface area contributed by atoms with E-state index in [0.717, 1.165) is 32.3 Å². The van der Waals surface area contributed by atoms with Crippen LogP contribution in [0.15, 0.2) is 66.7 Å². The fraction of sp³-hybridized carbons (Fsp3) is 0.0952. The van der Waals surface area contributed by atoms with Crippen LogP contribution < -0.4 is 4.74 Å². The van der Waals surface area contributed by atoms with Gasteiger partial charge in [-0.15, -0.1) is 11.3 Å². The molecule has 1 aromatic heterocycles. The van der Waals surface area contributed by atoms with Crippen molar-refractivity contribution in [3.63, 3.8) is 0 Å². The number of aliphatic carboxylic acids is 1. The van der Waals surface area contributed by atoms with Crippen LogP contribution in [0.4, 0.5) is 0 Å². The third kappa shape index (κ3) is 3.35. The highest BCUT2D eigenvalue weighted by Gasteiger charge is 2.09. The molecule has 3 nitrogen and oxygen atoms in total. The molecule has 4 heteroatoms. The van der Waals surface area contributed by atoms with Crippen LogP contribution in [0.25, 0.3) is 20.2 Å². The van der Waals surface area contributed by atoms with E-state index < -0.39 is 5.97 Å². The average molecular weight is 348 g/mol. The Balaban J connectivity index is 1.65. The van der Waals surface area contributed by atoms with Gasteiger partial charge in [-0.3, -0.25) is 4.79 Å². The molecule has 4 rings (SSSR count). The van der Waals surface area contributed by atoms with Crippen molar-refractivity contribution in [2.45, 2.75) is 13.0 Å². The number of hydrogen-bond donors (Lipinski definition) is 1. The molecule has 0 atom stereocenters. The van der Waals surface area contributed by atoms with Crippen LogP contribution in [0, 0.1) is 0 Å². The predicted molar refractivity (Wildman–Crippen MR) is 101 cm³/mol. The summed E-state index contributed by atoms with van der Waals surface area (Å²) in [5.74, 6) is 0.0303. The first-order valence-corrected chi connectivity index (χ1v) is 8.84. The van der Waals surface area contributed by atoms with E-state index in [1.165, 1.54) is 4.70 Å². The lowest BCUT2D eigenvalue weighted by molar-refractivity contribution is -0.136. The minimum Gasteiger partial charge on any atom is -0.489 e. The van der Waals surface area contributed by atoms with Gasteiger partial charge in [-0.25, -0.2) is 0 Å². The van der Waals surface area contributed by atoms with E-state index >= 15 is 0 Å². The van der Waals surface area contributed by atoms with Gasteiger partial charge in [0.15, 0.2) is 0 Å². The standard InChI is InChI=1S/C21H16O3S/c22-21(23)11-15-6-8-17-18-12-16(7-9-19(18)25-20(17)10-15)24-13-14-4-2-1-3-5-14/h1-10,12H,11,13H2,(H,22,23). The van der Waals surface area contributed by atoms with Crippen LogP contribution in [0.3, 0.4) is 0 Å². The number of rotatable bonds is 5. The molecule has 25 heavy (non-hydrogen) atoms. The summed E-state index contributed by atoms with van der Waals surface area (Å²) in [4.78, 5) is 10.9. The van der Waals surface area contributed by atoms with Crippen LogP contribution in [-0.2, 0) is 17.8 Å². The van der Waals surface area contributed by atoms with Gasteiger partial charge >= 0.3 is 5.97 Å². The maximum absolute atomic E-state index is 10.9. The molecule has 1 N–H and O–H groups in total. The Labute approximate surface area is 149 Å². The molecule has 1 heterocycles. The quantitative estimate of drug-likeness (QED) is 0.535. The minimum atomic E-state index is -0.808. The first-order chi connectivity index (χ1) is 12.2. The highest BCUT2D eigenvalue weighted by atomic mass is 32.1. The van der Waals surface area contributed by atoms with Gasteiger partial charge in [0.2, 0.25) is 0 Å². The lowest BCUT2D eigenvalue weighted by Gasteiger charge is -2.06. The molecule has 0 spiro atoms. The molecule has 0 unspecified atom stereocenters. The Morgan fingerprint density at radius 1 is 0.880 bits per heavy atom. The molecule has 124 valence electrons. The molecule has 0 aliphatic rings. The summed E-state index contributed by atoms with van der Waals surface area (Å²) in [7, 11) is 0. The van der Waals surface area contributed by atoms with E-state index in [1.54, 1.807) is 11.3 Å². The molecule has 0 bridgehead atoms. The van der Waals surface area contributed by atoms with Gasteiger partial charge < -0.3 is 9.84 Å². The lowest BCUT2D eigenvalue weighted by Crippen LogP contribution is -1.99. The smallest absolute Gasteiger partial charge is 0.307 e. The molecule has 0 radical (unpaired) electrons. The zero-order valence-electron chi connectivity index (χ0n) is 13.4. The van der Waals surface area contributed by atoms with E-state index in [9.17, 15) is 4.79 Å². The first kappa shape index (κ1) is 15.7. The van der Waals surface area contributed by atoms with Gasteiger partial charge in [0.1, 0.15) is 12.4 Å². The van der Waals surface area contributed by atoms with Gasteiger partial charge in [-0.1, -0.05) is 42.5 Å². The maximum atomic E-state index is 10.9.